The third kappa shape index (κ3) is 3.63. The summed E-state index contributed by atoms with van der Waals surface area (Å²) < 4.78 is 5.39. The van der Waals surface area contributed by atoms with E-state index in [0.717, 1.165) is 28.2 Å². The number of hydrogen-bond donors (Lipinski definition) is 1. The highest BCUT2D eigenvalue weighted by Gasteiger charge is 2.03. The van der Waals surface area contributed by atoms with Crippen LogP contribution in [0.15, 0.2) is 53.0 Å². The molecule has 0 aliphatic carbocycles. The van der Waals surface area contributed by atoms with Crippen LogP contribution < -0.4 is 10.2 Å². The van der Waals surface area contributed by atoms with Crippen LogP contribution in [0.25, 0.3) is 17.0 Å². The summed E-state index contributed by atoms with van der Waals surface area (Å²) in [4.78, 5) is 18.5. The molecule has 122 valence electrons. The molecule has 5 heteroatoms. The van der Waals surface area contributed by atoms with Crippen molar-refractivity contribution < 1.29 is 9.21 Å². The lowest BCUT2D eigenvalue weighted by molar-refractivity contribution is -0.111. The second-order valence-electron chi connectivity index (χ2n) is 5.74. The highest BCUT2D eigenvalue weighted by atomic mass is 16.3. The van der Waals surface area contributed by atoms with E-state index in [1.807, 2.05) is 68.4 Å². The Morgan fingerprint density at radius 1 is 1.17 bits per heavy atom. The minimum absolute atomic E-state index is 0.207. The predicted octanol–water partition coefficient (Wildman–Crippen LogP) is 3.85. The minimum atomic E-state index is -0.207. The molecule has 0 saturated carbocycles. The highest BCUT2D eigenvalue weighted by molar-refractivity contribution is 6.02. The number of pyridine rings is 1. The predicted molar refractivity (Wildman–Crippen MR) is 97.2 cm³/mol. The van der Waals surface area contributed by atoms with Crippen molar-refractivity contribution in [2.75, 3.05) is 24.3 Å². The lowest BCUT2D eigenvalue weighted by Gasteiger charge is -2.12. The normalized spacial score (nSPS) is 11.1. The van der Waals surface area contributed by atoms with Gasteiger partial charge in [0.15, 0.2) is 0 Å². The van der Waals surface area contributed by atoms with Gasteiger partial charge in [-0.1, -0.05) is 0 Å². The fraction of sp³-hybridized carbons (Fsp3) is 0.158. The van der Waals surface area contributed by atoms with Crippen LogP contribution in [0, 0.1) is 6.92 Å². The Balaban J connectivity index is 1.73. The zero-order valence-electron chi connectivity index (χ0n) is 13.9. The maximum Gasteiger partial charge on any atom is 0.248 e. The molecule has 5 nitrogen and oxygen atoms in total. The van der Waals surface area contributed by atoms with Crippen LogP contribution in [0.2, 0.25) is 0 Å². The van der Waals surface area contributed by atoms with E-state index in [2.05, 4.69) is 10.3 Å². The molecule has 0 aliphatic rings. The molecule has 1 aromatic carbocycles. The van der Waals surface area contributed by atoms with Crippen molar-refractivity contribution in [3.63, 3.8) is 0 Å². The fourth-order valence-corrected chi connectivity index (χ4v) is 2.33. The van der Waals surface area contributed by atoms with Gasteiger partial charge in [-0.3, -0.25) is 4.79 Å². The molecule has 0 spiro atoms. The van der Waals surface area contributed by atoms with Gasteiger partial charge in [0.2, 0.25) is 5.91 Å². The third-order valence-corrected chi connectivity index (χ3v) is 3.56. The molecule has 1 N–H and O–H groups in total. The van der Waals surface area contributed by atoms with Gasteiger partial charge in [-0.05, 0) is 55.5 Å². The van der Waals surface area contributed by atoms with Crippen molar-refractivity contribution in [2.24, 2.45) is 0 Å². The van der Waals surface area contributed by atoms with Crippen molar-refractivity contribution in [3.8, 4) is 0 Å². The van der Waals surface area contributed by atoms with Crippen LogP contribution in [0.3, 0.4) is 0 Å². The number of nitrogens with one attached hydrogen (secondary N) is 1. The number of anilines is 2. The summed E-state index contributed by atoms with van der Waals surface area (Å²) in [5.74, 6) is 2.16. The van der Waals surface area contributed by atoms with Gasteiger partial charge >= 0.3 is 0 Å². The van der Waals surface area contributed by atoms with Gasteiger partial charge in [-0.2, -0.15) is 0 Å². The summed E-state index contributed by atoms with van der Waals surface area (Å²) in [6.45, 7) is 1.86. The number of nitrogens with zero attached hydrogens (tertiary/aromatic N) is 2. The van der Waals surface area contributed by atoms with Gasteiger partial charge in [0.1, 0.15) is 17.3 Å². The van der Waals surface area contributed by atoms with Crippen molar-refractivity contribution >= 4 is 34.4 Å². The highest BCUT2D eigenvalue weighted by Crippen LogP contribution is 2.20. The first-order valence-electron chi connectivity index (χ1n) is 7.65. The molecule has 0 atom stereocenters. The molecule has 0 bridgehead atoms. The number of aromatic nitrogens is 1. The molecule has 0 saturated heterocycles. The van der Waals surface area contributed by atoms with Gasteiger partial charge in [-0.25, -0.2) is 4.98 Å². The summed E-state index contributed by atoms with van der Waals surface area (Å²) in [5.41, 5.74) is 1.62. The summed E-state index contributed by atoms with van der Waals surface area (Å²) in [6.07, 6.45) is 3.10. The van der Waals surface area contributed by atoms with E-state index in [4.69, 9.17) is 4.42 Å². The van der Waals surface area contributed by atoms with E-state index in [1.165, 1.54) is 6.08 Å². The van der Waals surface area contributed by atoms with E-state index < -0.39 is 0 Å². The summed E-state index contributed by atoms with van der Waals surface area (Å²) in [5, 5.41) is 3.82. The largest absolute Gasteiger partial charge is 0.462 e. The lowest BCUT2D eigenvalue weighted by Crippen LogP contribution is -2.10. The van der Waals surface area contributed by atoms with Gasteiger partial charge in [0.25, 0.3) is 0 Å². The quantitative estimate of drug-likeness (QED) is 0.741. The van der Waals surface area contributed by atoms with Gasteiger partial charge in [0.05, 0.1) is 5.52 Å². The maximum absolute atomic E-state index is 12.0. The third-order valence-electron chi connectivity index (χ3n) is 3.56. The van der Waals surface area contributed by atoms with E-state index in [0.29, 0.717) is 5.76 Å². The van der Waals surface area contributed by atoms with Crippen molar-refractivity contribution in [1.29, 1.82) is 0 Å². The van der Waals surface area contributed by atoms with Crippen molar-refractivity contribution in [3.05, 3.63) is 60.1 Å². The van der Waals surface area contributed by atoms with E-state index in [-0.39, 0.29) is 5.91 Å². The van der Waals surface area contributed by atoms with Gasteiger partial charge in [0, 0.05) is 31.2 Å². The Morgan fingerprint density at radius 2 is 2.00 bits per heavy atom. The maximum atomic E-state index is 12.0. The average molecular weight is 321 g/mol. The van der Waals surface area contributed by atoms with Crippen LogP contribution in [-0.4, -0.2) is 25.0 Å². The molecule has 1 amide bonds. The topological polar surface area (TPSA) is 58.4 Å². The van der Waals surface area contributed by atoms with E-state index in [1.54, 1.807) is 6.08 Å². The zero-order chi connectivity index (χ0) is 17.1. The first kappa shape index (κ1) is 15.8. The minimum Gasteiger partial charge on any atom is -0.462 e. The first-order chi connectivity index (χ1) is 11.5. The number of rotatable bonds is 4. The monoisotopic (exact) mass is 321 g/mol. The van der Waals surface area contributed by atoms with Gasteiger partial charge in [-0.15, -0.1) is 0 Å². The molecule has 0 aliphatic heterocycles. The Kier molecular flexibility index (Phi) is 4.33. The van der Waals surface area contributed by atoms with Crippen LogP contribution in [0.5, 0.6) is 0 Å². The number of aryl methyl sites for hydroxylation is 1. The van der Waals surface area contributed by atoms with Gasteiger partial charge < -0.3 is 14.6 Å². The summed E-state index contributed by atoms with van der Waals surface area (Å²) >= 11 is 0. The molecule has 3 aromatic rings. The van der Waals surface area contributed by atoms with E-state index >= 15 is 0 Å². The van der Waals surface area contributed by atoms with Crippen LogP contribution >= 0.6 is 0 Å². The Labute approximate surface area is 140 Å². The van der Waals surface area contributed by atoms with Crippen molar-refractivity contribution in [2.45, 2.75) is 6.92 Å². The second kappa shape index (κ2) is 6.58. The standard InChI is InChI=1S/C19H19N3O2/c1-13-4-7-16(24-13)8-11-19(23)20-15-6-9-17-14(12-15)5-10-18(21-17)22(2)3/h4-12H,1-3H3,(H,20,23)/b11-8-. The summed E-state index contributed by atoms with van der Waals surface area (Å²) in [6, 6.07) is 13.3. The van der Waals surface area contributed by atoms with Crippen molar-refractivity contribution in [1.82, 2.24) is 4.98 Å². The van der Waals surface area contributed by atoms with Crippen LogP contribution in [0.1, 0.15) is 11.5 Å². The Hall–Kier alpha value is -3.08. The number of fused-ring (bicyclic) bond motifs is 1. The molecule has 2 aromatic heterocycles. The Morgan fingerprint density at radius 3 is 2.71 bits per heavy atom. The molecule has 0 unspecified atom stereocenters. The molecule has 0 radical (unpaired) electrons. The lowest BCUT2D eigenvalue weighted by atomic mass is 10.2. The molecule has 2 heterocycles. The SMILES string of the molecule is Cc1ccc(/C=C\C(=O)Nc2ccc3nc(N(C)C)ccc3c2)o1. The summed E-state index contributed by atoms with van der Waals surface area (Å²) in [7, 11) is 3.91. The second-order valence-corrected chi connectivity index (χ2v) is 5.74. The molecular weight excluding hydrogens is 302 g/mol. The number of carbonyl (C=O) groups is 1. The smallest absolute Gasteiger partial charge is 0.248 e. The molecular formula is C19H19N3O2. The zero-order valence-corrected chi connectivity index (χ0v) is 13.9. The average Bonchev–Trinajstić information content (AvgIpc) is 2.98. The number of benzene rings is 1. The number of hydrogen-bond acceptors (Lipinski definition) is 4. The first-order valence-corrected chi connectivity index (χ1v) is 7.65. The molecule has 0 fully saturated rings. The Bertz CT molecular complexity index is 910. The number of amides is 1. The molecule has 3 rings (SSSR count). The van der Waals surface area contributed by atoms with Crippen LogP contribution in [0.4, 0.5) is 11.5 Å². The number of carbonyl (C=O) groups excluding carboxylic acids is 1. The number of furan rings is 1. The molecule has 24 heavy (non-hydrogen) atoms. The van der Waals surface area contributed by atoms with E-state index in [9.17, 15) is 4.79 Å². The van der Waals surface area contributed by atoms with Crippen LogP contribution in [-0.2, 0) is 4.79 Å². The fourth-order valence-electron chi connectivity index (χ4n) is 2.33.